The van der Waals surface area contributed by atoms with Gasteiger partial charge >= 0.3 is 7.12 Å². The summed E-state index contributed by atoms with van der Waals surface area (Å²) in [4.78, 5) is 13.2. The van der Waals surface area contributed by atoms with Crippen LogP contribution in [0.15, 0.2) is 48.7 Å². The summed E-state index contributed by atoms with van der Waals surface area (Å²) in [5, 5.41) is 3.67. The minimum atomic E-state index is -0.411. The quantitative estimate of drug-likeness (QED) is 0.503. The predicted molar refractivity (Wildman–Crippen MR) is 140 cm³/mol. The molecule has 1 N–H and O–H groups in total. The molecule has 2 aliphatic carbocycles. The molecule has 1 amide bonds. The van der Waals surface area contributed by atoms with E-state index in [1.807, 2.05) is 62.7 Å². The molecule has 36 heavy (non-hydrogen) atoms. The van der Waals surface area contributed by atoms with Crippen LogP contribution >= 0.6 is 0 Å². The maximum absolute atomic E-state index is 14.7. The van der Waals surface area contributed by atoms with Gasteiger partial charge in [0, 0.05) is 24.2 Å². The fraction of sp³-hybridized carbons (Fsp3) is 0.483. The van der Waals surface area contributed by atoms with Crippen molar-refractivity contribution < 1.29 is 18.5 Å². The van der Waals surface area contributed by atoms with Crippen molar-refractivity contribution in [1.29, 1.82) is 0 Å². The molecule has 5 nitrogen and oxygen atoms in total. The van der Waals surface area contributed by atoms with Gasteiger partial charge in [-0.25, -0.2) is 4.39 Å². The van der Waals surface area contributed by atoms with E-state index < -0.39 is 7.12 Å². The number of hydrogen-bond acceptors (Lipinski definition) is 3. The molecule has 1 spiro atoms. The Hall–Kier alpha value is -2.64. The van der Waals surface area contributed by atoms with E-state index in [9.17, 15) is 9.18 Å². The van der Waals surface area contributed by atoms with Crippen LogP contribution in [0.4, 0.5) is 4.39 Å². The number of hydrogen-bond donors (Lipinski definition) is 1. The molecule has 1 saturated heterocycles. The van der Waals surface area contributed by atoms with Crippen LogP contribution in [0.2, 0.25) is 0 Å². The van der Waals surface area contributed by atoms with Gasteiger partial charge in [-0.2, -0.15) is 0 Å². The molecule has 6 rings (SSSR count). The molecule has 0 bridgehead atoms. The topological polar surface area (TPSA) is 52.5 Å². The lowest BCUT2D eigenvalue weighted by Gasteiger charge is -2.54. The van der Waals surface area contributed by atoms with E-state index in [1.165, 1.54) is 25.3 Å². The molecule has 2 saturated carbocycles. The molecule has 3 fully saturated rings. The molecule has 0 radical (unpaired) electrons. The van der Waals surface area contributed by atoms with Crippen molar-refractivity contribution in [2.45, 2.75) is 83.6 Å². The first-order valence-corrected chi connectivity index (χ1v) is 13.1. The van der Waals surface area contributed by atoms with Gasteiger partial charge in [-0.1, -0.05) is 30.7 Å². The molecule has 3 aliphatic rings. The maximum atomic E-state index is 14.7. The normalized spacial score (nSPS) is 22.0. The van der Waals surface area contributed by atoms with Crippen molar-refractivity contribution in [2.24, 2.45) is 5.41 Å². The molecule has 188 valence electrons. The second-order valence-corrected chi connectivity index (χ2v) is 12.1. The highest BCUT2D eigenvalue weighted by Gasteiger charge is 2.51. The second kappa shape index (κ2) is 8.19. The van der Waals surface area contributed by atoms with Crippen LogP contribution in [0.25, 0.3) is 10.9 Å². The Bertz CT molecular complexity index is 1300. The lowest BCUT2D eigenvalue weighted by molar-refractivity contribution is -0.000604. The summed E-state index contributed by atoms with van der Waals surface area (Å²) in [6.07, 6.45) is 7.88. The van der Waals surface area contributed by atoms with Crippen molar-refractivity contribution in [1.82, 2.24) is 9.88 Å². The summed E-state index contributed by atoms with van der Waals surface area (Å²) >= 11 is 0. The van der Waals surface area contributed by atoms with E-state index >= 15 is 0 Å². The Labute approximate surface area is 212 Å². The van der Waals surface area contributed by atoms with Gasteiger partial charge in [-0.05, 0) is 88.0 Å². The zero-order valence-electron chi connectivity index (χ0n) is 21.6. The Morgan fingerprint density at radius 3 is 2.31 bits per heavy atom. The lowest BCUT2D eigenvalue weighted by Crippen LogP contribution is -2.53. The van der Waals surface area contributed by atoms with Gasteiger partial charge in [0.2, 0.25) is 0 Å². The van der Waals surface area contributed by atoms with Gasteiger partial charge in [0.1, 0.15) is 5.82 Å². The lowest BCUT2D eigenvalue weighted by atomic mass is 9.54. The van der Waals surface area contributed by atoms with E-state index in [1.54, 1.807) is 12.1 Å². The fourth-order valence-corrected chi connectivity index (χ4v) is 6.00. The zero-order chi connectivity index (χ0) is 25.3. The average Bonchev–Trinajstić information content (AvgIpc) is 3.28. The van der Waals surface area contributed by atoms with Crippen LogP contribution in [-0.2, 0) is 15.9 Å². The van der Waals surface area contributed by atoms with Crippen LogP contribution in [0, 0.1) is 11.2 Å². The van der Waals surface area contributed by atoms with Gasteiger partial charge in [-0.15, -0.1) is 0 Å². The van der Waals surface area contributed by atoms with Crippen molar-refractivity contribution >= 4 is 29.4 Å². The number of carbonyl (C=O) groups excluding carboxylic acids is 1. The van der Waals surface area contributed by atoms with Crippen molar-refractivity contribution in [3.8, 4) is 0 Å². The molecular weight excluding hydrogens is 454 g/mol. The van der Waals surface area contributed by atoms with E-state index in [0.29, 0.717) is 28.4 Å². The third-order valence-corrected chi connectivity index (χ3v) is 9.08. The molecule has 7 heteroatoms. The van der Waals surface area contributed by atoms with Gasteiger partial charge in [0.25, 0.3) is 5.91 Å². The Morgan fingerprint density at radius 1 is 1.03 bits per heavy atom. The third kappa shape index (κ3) is 3.88. The number of nitrogens with zero attached hydrogens (tertiary/aromatic N) is 1. The number of carbonyl (C=O) groups is 1. The van der Waals surface area contributed by atoms with E-state index in [2.05, 4.69) is 5.32 Å². The molecule has 2 aromatic carbocycles. The van der Waals surface area contributed by atoms with E-state index in [4.69, 9.17) is 9.31 Å². The smallest absolute Gasteiger partial charge is 0.399 e. The molecule has 2 heterocycles. The number of rotatable bonds is 5. The van der Waals surface area contributed by atoms with Gasteiger partial charge in [0.05, 0.1) is 22.3 Å². The van der Waals surface area contributed by atoms with Crippen LogP contribution < -0.4 is 10.8 Å². The van der Waals surface area contributed by atoms with Crippen LogP contribution in [0.5, 0.6) is 0 Å². The van der Waals surface area contributed by atoms with Crippen molar-refractivity contribution in [2.75, 3.05) is 0 Å². The summed E-state index contributed by atoms with van der Waals surface area (Å²) in [6.45, 7) is 8.70. The van der Waals surface area contributed by atoms with Gasteiger partial charge in [-0.3, -0.25) is 4.79 Å². The summed E-state index contributed by atoms with van der Waals surface area (Å²) in [5.74, 6) is -0.427. The van der Waals surface area contributed by atoms with Crippen molar-refractivity contribution in [3.63, 3.8) is 0 Å². The van der Waals surface area contributed by atoms with Crippen LogP contribution in [0.3, 0.4) is 0 Å². The molecule has 0 atom stereocenters. The van der Waals surface area contributed by atoms with Crippen molar-refractivity contribution in [3.05, 3.63) is 65.6 Å². The number of halogens is 1. The first kappa shape index (κ1) is 23.7. The molecular formula is C29H34BFN2O3. The highest BCUT2D eigenvalue weighted by Crippen LogP contribution is 2.55. The Morgan fingerprint density at radius 2 is 1.69 bits per heavy atom. The SMILES string of the molecule is CC1(C)OB(c2ccc(Cn3ccc4c(F)ccc(C(=O)NC5CC6(CCC6)C5)c43)cc2)OC1(C)C. The zero-order valence-corrected chi connectivity index (χ0v) is 21.6. The largest absolute Gasteiger partial charge is 0.494 e. The average molecular weight is 488 g/mol. The van der Waals surface area contributed by atoms with Gasteiger partial charge in [0.15, 0.2) is 0 Å². The minimum absolute atomic E-state index is 0.116. The Balaban J connectivity index is 1.21. The first-order valence-electron chi connectivity index (χ1n) is 13.1. The standard InChI is InChI=1S/C29H34BFN2O3/c1-27(2)28(3,4)36-30(35-27)20-8-6-19(7-9-20)18-33-15-12-22-24(31)11-10-23(25(22)33)26(34)32-21-16-29(17-21)13-5-14-29/h6-12,15,21H,5,13-14,16-18H2,1-4H3,(H,32,34). The van der Waals surface area contributed by atoms with Crippen LogP contribution in [0.1, 0.15) is 75.7 Å². The number of aromatic nitrogens is 1. The summed E-state index contributed by atoms with van der Waals surface area (Å²) in [6, 6.07) is 13.1. The fourth-order valence-electron chi connectivity index (χ4n) is 6.00. The molecule has 0 unspecified atom stereocenters. The predicted octanol–water partition coefficient (Wildman–Crippen LogP) is 5.19. The summed E-state index contributed by atoms with van der Waals surface area (Å²) in [5.41, 5.74) is 2.89. The number of amides is 1. The third-order valence-electron chi connectivity index (χ3n) is 9.08. The highest BCUT2D eigenvalue weighted by molar-refractivity contribution is 6.62. The maximum Gasteiger partial charge on any atom is 0.494 e. The molecule has 3 aromatic rings. The molecule has 1 aromatic heterocycles. The summed E-state index contributed by atoms with van der Waals surface area (Å²) < 4.78 is 28.9. The van der Waals surface area contributed by atoms with Gasteiger partial charge < -0.3 is 19.2 Å². The minimum Gasteiger partial charge on any atom is -0.399 e. The number of fused-ring (bicyclic) bond motifs is 1. The summed E-state index contributed by atoms with van der Waals surface area (Å²) in [7, 11) is -0.411. The highest BCUT2D eigenvalue weighted by atomic mass is 19.1. The van der Waals surface area contributed by atoms with E-state index in [0.717, 1.165) is 23.9 Å². The Kier molecular flexibility index (Phi) is 5.40. The second-order valence-electron chi connectivity index (χ2n) is 12.1. The van der Waals surface area contributed by atoms with E-state index in [-0.39, 0.29) is 29.0 Å². The number of nitrogens with one attached hydrogen (secondary N) is 1. The van der Waals surface area contributed by atoms with Crippen LogP contribution in [-0.4, -0.2) is 34.8 Å². The first-order chi connectivity index (χ1) is 17.1. The monoisotopic (exact) mass is 488 g/mol. The number of benzene rings is 2. The molecule has 1 aliphatic heterocycles.